The number of hydrogen-bond donors (Lipinski definition) is 2. The van der Waals surface area contributed by atoms with Crippen LogP contribution in [0.25, 0.3) is 0 Å². The van der Waals surface area contributed by atoms with Gasteiger partial charge in [-0.1, -0.05) is 0 Å². The molecule has 1 amide bonds. The van der Waals surface area contributed by atoms with E-state index in [2.05, 4.69) is 10.6 Å². The first-order valence-electron chi connectivity index (χ1n) is 5.82. The molecule has 0 aromatic carbocycles. The molecular weight excluding hydrogens is 176 g/mol. The zero-order chi connectivity index (χ0) is 9.54. The Labute approximate surface area is 84.6 Å². The Kier molecular flexibility index (Phi) is 2.01. The quantitative estimate of drug-likeness (QED) is 0.679. The highest BCUT2D eigenvalue weighted by atomic mass is 16.1. The van der Waals surface area contributed by atoms with Gasteiger partial charge in [-0.3, -0.25) is 4.79 Å². The van der Waals surface area contributed by atoms with E-state index < -0.39 is 0 Å². The second-order valence-corrected chi connectivity index (χ2v) is 5.10. The lowest BCUT2D eigenvalue weighted by atomic mass is 10.2. The third-order valence-corrected chi connectivity index (χ3v) is 3.97. The lowest BCUT2D eigenvalue weighted by Gasteiger charge is -2.06. The Balaban J connectivity index is 1.36. The van der Waals surface area contributed by atoms with E-state index in [4.69, 9.17) is 0 Å². The minimum Gasteiger partial charge on any atom is -0.356 e. The van der Waals surface area contributed by atoms with Crippen molar-refractivity contribution >= 4 is 5.91 Å². The summed E-state index contributed by atoms with van der Waals surface area (Å²) in [5.74, 6) is 3.53. The van der Waals surface area contributed by atoms with E-state index in [1.54, 1.807) is 0 Å². The fraction of sp³-hybridized carbons (Fsp3) is 0.909. The van der Waals surface area contributed by atoms with Gasteiger partial charge < -0.3 is 10.6 Å². The maximum atomic E-state index is 11.4. The van der Waals surface area contributed by atoms with Crippen molar-refractivity contribution in [2.75, 3.05) is 19.6 Å². The summed E-state index contributed by atoms with van der Waals surface area (Å²) < 4.78 is 0. The molecule has 78 valence electrons. The van der Waals surface area contributed by atoms with E-state index in [9.17, 15) is 4.79 Å². The monoisotopic (exact) mass is 194 g/mol. The molecule has 2 aliphatic carbocycles. The van der Waals surface area contributed by atoms with Gasteiger partial charge in [0.15, 0.2) is 0 Å². The molecule has 1 aliphatic heterocycles. The summed E-state index contributed by atoms with van der Waals surface area (Å²) in [4.78, 5) is 11.4. The Morgan fingerprint density at radius 3 is 2.64 bits per heavy atom. The summed E-state index contributed by atoms with van der Waals surface area (Å²) in [7, 11) is 0. The van der Waals surface area contributed by atoms with Gasteiger partial charge in [0, 0.05) is 13.0 Å². The van der Waals surface area contributed by atoms with Gasteiger partial charge in [0.2, 0.25) is 5.91 Å². The van der Waals surface area contributed by atoms with E-state index >= 15 is 0 Å². The predicted octanol–water partition coefficient (Wildman–Crippen LogP) is 0.368. The summed E-state index contributed by atoms with van der Waals surface area (Å²) in [5.41, 5.74) is 0. The highest BCUT2D eigenvalue weighted by Gasteiger charge is 2.52. The molecule has 3 aliphatic rings. The van der Waals surface area contributed by atoms with E-state index in [0.717, 1.165) is 36.6 Å². The lowest BCUT2D eigenvalue weighted by molar-refractivity contribution is -0.121. The highest BCUT2D eigenvalue weighted by molar-refractivity contribution is 5.76. The van der Waals surface area contributed by atoms with Crippen LogP contribution in [-0.4, -0.2) is 25.5 Å². The number of rotatable bonds is 4. The van der Waals surface area contributed by atoms with Crippen molar-refractivity contribution in [2.45, 2.75) is 19.3 Å². The van der Waals surface area contributed by atoms with Gasteiger partial charge in [0.05, 0.1) is 0 Å². The zero-order valence-corrected chi connectivity index (χ0v) is 8.46. The lowest BCUT2D eigenvalue weighted by Crippen LogP contribution is -2.28. The third kappa shape index (κ3) is 1.65. The van der Waals surface area contributed by atoms with E-state index in [1.807, 2.05) is 0 Å². The Morgan fingerprint density at radius 2 is 2.00 bits per heavy atom. The molecule has 14 heavy (non-hydrogen) atoms. The van der Waals surface area contributed by atoms with Crippen LogP contribution in [0.1, 0.15) is 19.3 Å². The first-order valence-corrected chi connectivity index (χ1v) is 5.82. The minimum absolute atomic E-state index is 0.283. The van der Waals surface area contributed by atoms with E-state index in [0.29, 0.717) is 0 Å². The van der Waals surface area contributed by atoms with Crippen molar-refractivity contribution in [1.29, 1.82) is 0 Å². The number of hydrogen-bond acceptors (Lipinski definition) is 2. The van der Waals surface area contributed by atoms with Gasteiger partial charge in [-0.15, -0.1) is 0 Å². The van der Waals surface area contributed by atoms with Crippen LogP contribution >= 0.6 is 0 Å². The smallest absolute Gasteiger partial charge is 0.220 e. The molecule has 0 spiro atoms. The topological polar surface area (TPSA) is 41.1 Å². The van der Waals surface area contributed by atoms with Crippen LogP contribution in [0.2, 0.25) is 0 Å². The molecule has 0 bridgehead atoms. The van der Waals surface area contributed by atoms with E-state index in [1.165, 1.54) is 25.9 Å². The Bertz CT molecular complexity index is 240. The summed E-state index contributed by atoms with van der Waals surface area (Å²) in [6.45, 7) is 3.28. The maximum Gasteiger partial charge on any atom is 0.220 e. The number of carbonyl (C=O) groups excluding carboxylic acids is 1. The van der Waals surface area contributed by atoms with Crippen molar-refractivity contribution in [3.63, 3.8) is 0 Å². The largest absolute Gasteiger partial charge is 0.356 e. The summed E-state index contributed by atoms with van der Waals surface area (Å²) in [6, 6.07) is 0. The fourth-order valence-electron chi connectivity index (χ4n) is 2.74. The SMILES string of the molecule is O=C(CC1CC1)NCC1C2CNCC21. The molecular formula is C11H18N2O. The number of nitrogens with one attached hydrogen (secondary N) is 2. The average molecular weight is 194 g/mol. The molecule has 2 atom stereocenters. The number of carbonyl (C=O) groups is 1. The third-order valence-electron chi connectivity index (χ3n) is 3.97. The molecule has 2 unspecified atom stereocenters. The van der Waals surface area contributed by atoms with Crippen LogP contribution in [0.15, 0.2) is 0 Å². The fourth-order valence-corrected chi connectivity index (χ4v) is 2.74. The average Bonchev–Trinajstić information content (AvgIpc) is 3.05. The van der Waals surface area contributed by atoms with E-state index in [-0.39, 0.29) is 5.91 Å². The molecule has 1 saturated heterocycles. The maximum absolute atomic E-state index is 11.4. The Hall–Kier alpha value is -0.570. The van der Waals surface area contributed by atoms with Gasteiger partial charge in [-0.2, -0.15) is 0 Å². The molecule has 3 nitrogen and oxygen atoms in total. The number of amides is 1. The molecule has 0 radical (unpaired) electrons. The summed E-state index contributed by atoms with van der Waals surface area (Å²) in [6.07, 6.45) is 3.32. The minimum atomic E-state index is 0.283. The molecule has 0 aromatic rings. The van der Waals surface area contributed by atoms with Crippen LogP contribution in [0, 0.1) is 23.7 Å². The van der Waals surface area contributed by atoms with Gasteiger partial charge in [0.25, 0.3) is 0 Å². The van der Waals surface area contributed by atoms with Crippen LogP contribution in [-0.2, 0) is 4.79 Å². The second kappa shape index (κ2) is 3.23. The van der Waals surface area contributed by atoms with Crippen LogP contribution in [0.3, 0.4) is 0 Å². The van der Waals surface area contributed by atoms with Crippen LogP contribution < -0.4 is 10.6 Å². The molecule has 1 heterocycles. The standard InChI is InChI=1S/C11H18N2O/c14-11(3-7-1-2-7)13-6-10-8-4-12-5-9(8)10/h7-10,12H,1-6H2,(H,13,14). The summed E-state index contributed by atoms with van der Waals surface area (Å²) >= 11 is 0. The number of piperidine rings is 1. The highest BCUT2D eigenvalue weighted by Crippen LogP contribution is 2.48. The molecule has 3 heteroatoms. The molecule has 2 N–H and O–H groups in total. The molecule has 0 aromatic heterocycles. The van der Waals surface area contributed by atoms with Gasteiger partial charge in [-0.25, -0.2) is 0 Å². The van der Waals surface area contributed by atoms with Crippen molar-refractivity contribution in [3.8, 4) is 0 Å². The van der Waals surface area contributed by atoms with Gasteiger partial charge in [0.1, 0.15) is 0 Å². The van der Waals surface area contributed by atoms with Crippen LogP contribution in [0.5, 0.6) is 0 Å². The van der Waals surface area contributed by atoms with Crippen LogP contribution in [0.4, 0.5) is 0 Å². The normalized spacial score (nSPS) is 39.3. The van der Waals surface area contributed by atoms with Gasteiger partial charge >= 0.3 is 0 Å². The molecule has 3 fully saturated rings. The van der Waals surface area contributed by atoms with Crippen molar-refractivity contribution in [3.05, 3.63) is 0 Å². The Morgan fingerprint density at radius 1 is 1.29 bits per heavy atom. The first-order chi connectivity index (χ1) is 6.84. The molecule has 3 rings (SSSR count). The zero-order valence-electron chi connectivity index (χ0n) is 8.46. The molecule has 2 saturated carbocycles. The first kappa shape index (κ1) is 8.72. The van der Waals surface area contributed by atoms with Crippen molar-refractivity contribution in [1.82, 2.24) is 10.6 Å². The van der Waals surface area contributed by atoms with Gasteiger partial charge in [-0.05, 0) is 49.6 Å². The predicted molar refractivity (Wildman–Crippen MR) is 53.7 cm³/mol. The van der Waals surface area contributed by atoms with Crippen molar-refractivity contribution < 1.29 is 4.79 Å². The second-order valence-electron chi connectivity index (χ2n) is 5.10. The summed E-state index contributed by atoms with van der Waals surface area (Å²) in [5, 5.41) is 6.45. The van der Waals surface area contributed by atoms with Crippen molar-refractivity contribution in [2.24, 2.45) is 23.7 Å². The number of fused-ring (bicyclic) bond motifs is 1.